The Bertz CT molecular complexity index is 1930. The molecule has 0 saturated carbocycles. The zero-order chi connectivity index (χ0) is 60.1. The van der Waals surface area contributed by atoms with Crippen molar-refractivity contribution in [2.24, 2.45) is 0 Å². The first kappa shape index (κ1) is 75.0. The number of carbonyl (C=O) groups excluding carboxylic acids is 1. The number of hydrogen-bond acceptors (Lipinski definition) is 14. The monoisotopic (exact) mass is 1160 g/mol. The molecule has 0 aromatic rings. The van der Waals surface area contributed by atoms with E-state index >= 15 is 0 Å². The molecule has 0 aromatic heterocycles. The van der Waals surface area contributed by atoms with Gasteiger partial charge in [-0.3, -0.25) is 4.79 Å². The van der Waals surface area contributed by atoms with E-state index in [2.05, 4.69) is 160 Å². The van der Waals surface area contributed by atoms with Crippen molar-refractivity contribution in [2.45, 2.75) is 248 Å². The molecule has 0 bridgehead atoms. The second kappa shape index (κ2) is 53.3. The van der Waals surface area contributed by atoms with Gasteiger partial charge in [-0.2, -0.15) is 0 Å². The quantitative estimate of drug-likeness (QED) is 0.0172. The van der Waals surface area contributed by atoms with E-state index in [0.717, 1.165) is 122 Å². The number of esters is 1. The lowest BCUT2D eigenvalue weighted by Gasteiger charge is -2.42. The minimum absolute atomic E-state index is 0.0181. The third-order valence-electron chi connectivity index (χ3n) is 13.8. The van der Waals surface area contributed by atoms with E-state index in [-0.39, 0.29) is 19.6 Å². The number of allylic oxidation sites excluding steroid dienone is 24. The first-order chi connectivity index (χ1) is 40.6. The minimum Gasteiger partial charge on any atom is -0.457 e. The van der Waals surface area contributed by atoms with Crippen LogP contribution in [0.3, 0.4) is 0 Å². The summed E-state index contributed by atoms with van der Waals surface area (Å²) in [6.07, 6.45) is 61.9. The smallest absolute Gasteiger partial charge is 0.306 e. The summed E-state index contributed by atoms with van der Waals surface area (Å²) >= 11 is 0. The molecule has 0 aromatic carbocycles. The van der Waals surface area contributed by atoms with Crippen LogP contribution in [0.15, 0.2) is 146 Å². The van der Waals surface area contributed by atoms with Gasteiger partial charge in [0.2, 0.25) is 0 Å². The molecule has 0 spiro atoms. The highest BCUT2D eigenvalue weighted by molar-refractivity contribution is 5.69. The van der Waals surface area contributed by atoms with E-state index in [1.165, 1.54) is 32.1 Å². The fourth-order valence-corrected chi connectivity index (χ4v) is 8.88. The molecule has 2 saturated heterocycles. The molecular weight excluding hydrogens is 1050 g/mol. The number of hydrogen-bond donors (Lipinski definition) is 7. The lowest BCUT2D eigenvalue weighted by molar-refractivity contribution is -0.332. The van der Waals surface area contributed by atoms with Crippen LogP contribution in [0.1, 0.15) is 181 Å². The molecular formula is C69H110O14. The Morgan fingerprint density at radius 3 is 1.17 bits per heavy atom. The second-order valence-electron chi connectivity index (χ2n) is 21.1. The van der Waals surface area contributed by atoms with Crippen LogP contribution in [-0.2, 0) is 33.2 Å². The fraction of sp³-hybridized carbons (Fsp3) is 0.638. The lowest BCUT2D eigenvalue weighted by Crippen LogP contribution is -2.61. The molecule has 11 unspecified atom stereocenters. The molecule has 0 amide bonds. The van der Waals surface area contributed by atoms with Crippen molar-refractivity contribution >= 4 is 5.97 Å². The fourth-order valence-electron chi connectivity index (χ4n) is 8.88. The van der Waals surface area contributed by atoms with E-state index in [1.807, 2.05) is 0 Å². The highest BCUT2D eigenvalue weighted by atomic mass is 16.7. The number of ether oxygens (including phenoxy) is 6. The van der Waals surface area contributed by atoms with Gasteiger partial charge in [-0.25, -0.2) is 0 Å². The van der Waals surface area contributed by atoms with Crippen LogP contribution >= 0.6 is 0 Å². The largest absolute Gasteiger partial charge is 0.457 e. The summed E-state index contributed by atoms with van der Waals surface area (Å²) in [4.78, 5) is 13.1. The summed E-state index contributed by atoms with van der Waals surface area (Å²) in [5.41, 5.74) is 0. The SMILES string of the molecule is CC/C=C\C/C=C\C/C=C\C/C=C\C/C=C\C/C=C\C/C=C\CCCCOCC(COC1OC(COC2OC(CO)C(O)C(O)C2O)C(O)C(O)C1O)OC(=O)CCCCCCCCCCC/C=C\C/C=C\C/C=C\C/C=C\C/C=C\CC. The average Bonchev–Trinajstić information content (AvgIpc) is 3.67. The van der Waals surface area contributed by atoms with E-state index in [1.54, 1.807) is 0 Å². The minimum atomic E-state index is -1.73. The molecule has 2 aliphatic rings. The molecule has 0 radical (unpaired) electrons. The molecule has 2 fully saturated rings. The van der Waals surface area contributed by atoms with Crippen molar-refractivity contribution in [3.8, 4) is 0 Å². The van der Waals surface area contributed by atoms with Gasteiger partial charge in [-0.05, 0) is 116 Å². The summed E-state index contributed by atoms with van der Waals surface area (Å²) in [7, 11) is 0. The first-order valence-corrected chi connectivity index (χ1v) is 31.4. The maximum Gasteiger partial charge on any atom is 0.306 e. The Morgan fingerprint density at radius 1 is 0.398 bits per heavy atom. The highest BCUT2D eigenvalue weighted by Gasteiger charge is 2.47. The summed E-state index contributed by atoms with van der Waals surface area (Å²) in [6.45, 7) is 3.32. The van der Waals surface area contributed by atoms with Gasteiger partial charge < -0.3 is 64.2 Å². The van der Waals surface area contributed by atoms with Crippen molar-refractivity contribution in [3.63, 3.8) is 0 Å². The van der Waals surface area contributed by atoms with Gasteiger partial charge in [0.25, 0.3) is 0 Å². The molecule has 2 heterocycles. The Kier molecular flexibility index (Phi) is 48.2. The predicted molar refractivity (Wildman–Crippen MR) is 334 cm³/mol. The van der Waals surface area contributed by atoms with Gasteiger partial charge in [-0.15, -0.1) is 0 Å². The van der Waals surface area contributed by atoms with Crippen LogP contribution in [0.25, 0.3) is 0 Å². The van der Waals surface area contributed by atoms with E-state index in [9.17, 15) is 40.5 Å². The molecule has 7 N–H and O–H groups in total. The zero-order valence-corrected chi connectivity index (χ0v) is 50.6. The molecule has 2 aliphatic heterocycles. The molecule has 11 atom stereocenters. The van der Waals surface area contributed by atoms with Crippen LogP contribution < -0.4 is 0 Å². The Balaban J connectivity index is 1.72. The van der Waals surface area contributed by atoms with Gasteiger partial charge in [0.15, 0.2) is 12.6 Å². The maximum absolute atomic E-state index is 13.1. The standard InChI is InChI=1S/C69H110O14/c1-3-5-7-9-11-13-15-17-19-21-23-25-27-29-30-32-34-36-38-40-42-44-46-48-50-52-61(71)81-58(56-79-68-67(77)65(75)63(73)60(83-68)57-80-69-66(76)64(74)62(72)59(54-70)82-69)55-78-53-51-49-47-45-43-41-39-37-35-33-31-28-26-24-22-20-18-16-14-12-10-8-6-4-2/h5-8,11-14,17-20,23-26,29-31,33,37,39,43,45,58-60,62-70,72-77H,3-4,9-10,15-16,21-22,27-28,32,34-36,38,40-42,44,46-57H2,1-2H3/b7-5-,8-6-,13-11-,14-12-,19-17-,20-18-,25-23-,26-24-,30-29-,33-31-,39-37-,45-43-. The van der Waals surface area contributed by atoms with Crippen LogP contribution in [0.5, 0.6) is 0 Å². The van der Waals surface area contributed by atoms with Crippen LogP contribution in [0.4, 0.5) is 0 Å². The normalized spacial score (nSPS) is 24.4. The maximum atomic E-state index is 13.1. The number of aliphatic hydroxyl groups excluding tert-OH is 7. The van der Waals surface area contributed by atoms with Crippen molar-refractivity contribution < 1.29 is 69.0 Å². The number of unbranched alkanes of at least 4 members (excludes halogenated alkanes) is 11. The molecule has 0 aliphatic carbocycles. The van der Waals surface area contributed by atoms with Gasteiger partial charge in [0, 0.05) is 13.0 Å². The Morgan fingerprint density at radius 2 is 0.747 bits per heavy atom. The summed E-state index contributed by atoms with van der Waals surface area (Å²) in [5, 5.41) is 72.5. The highest BCUT2D eigenvalue weighted by Crippen LogP contribution is 2.26. The van der Waals surface area contributed by atoms with Gasteiger partial charge in [0.1, 0.15) is 54.9 Å². The molecule has 2 rings (SSSR count). The van der Waals surface area contributed by atoms with E-state index in [4.69, 9.17) is 28.4 Å². The zero-order valence-electron chi connectivity index (χ0n) is 50.6. The van der Waals surface area contributed by atoms with Crippen molar-refractivity contribution in [3.05, 3.63) is 146 Å². The van der Waals surface area contributed by atoms with Crippen LogP contribution in [0, 0.1) is 0 Å². The molecule has 14 heteroatoms. The Hall–Kier alpha value is -4.13. The van der Waals surface area contributed by atoms with E-state index < -0.39 is 86.7 Å². The Labute approximate surface area is 500 Å². The third-order valence-corrected chi connectivity index (χ3v) is 13.8. The molecule has 14 nitrogen and oxygen atoms in total. The van der Waals surface area contributed by atoms with Crippen molar-refractivity contribution in [2.75, 3.05) is 33.0 Å². The second-order valence-corrected chi connectivity index (χ2v) is 21.1. The predicted octanol–water partition coefficient (Wildman–Crippen LogP) is 12.4. The topological polar surface area (TPSA) is 214 Å². The third kappa shape index (κ3) is 39.2. The van der Waals surface area contributed by atoms with Gasteiger partial charge in [-0.1, -0.05) is 205 Å². The van der Waals surface area contributed by atoms with Crippen LogP contribution in [-0.4, -0.2) is 142 Å². The van der Waals surface area contributed by atoms with E-state index in [0.29, 0.717) is 13.0 Å². The molecule has 83 heavy (non-hydrogen) atoms. The van der Waals surface area contributed by atoms with Crippen molar-refractivity contribution in [1.82, 2.24) is 0 Å². The number of aliphatic hydroxyl groups is 7. The first-order valence-electron chi connectivity index (χ1n) is 31.4. The average molecular weight is 1160 g/mol. The van der Waals surface area contributed by atoms with Gasteiger partial charge >= 0.3 is 5.97 Å². The summed E-state index contributed by atoms with van der Waals surface area (Å²) < 4.78 is 34.4. The number of rotatable bonds is 49. The van der Waals surface area contributed by atoms with Crippen molar-refractivity contribution in [1.29, 1.82) is 0 Å². The molecule has 470 valence electrons. The summed E-state index contributed by atoms with van der Waals surface area (Å²) in [6, 6.07) is 0. The lowest BCUT2D eigenvalue weighted by atomic mass is 9.98. The van der Waals surface area contributed by atoms with Crippen LogP contribution in [0.2, 0.25) is 0 Å². The summed E-state index contributed by atoms with van der Waals surface area (Å²) in [5.74, 6) is -0.405. The number of carbonyl (C=O) groups is 1. The van der Waals surface area contributed by atoms with Gasteiger partial charge in [0.05, 0.1) is 26.4 Å².